The molecule has 6 heteroatoms. The summed E-state index contributed by atoms with van der Waals surface area (Å²) in [5.74, 6) is 0. The van der Waals surface area contributed by atoms with Gasteiger partial charge in [0.25, 0.3) is 0 Å². The van der Waals surface area contributed by atoms with E-state index in [1.54, 1.807) is 12.5 Å². The van der Waals surface area contributed by atoms with E-state index in [0.717, 1.165) is 33.5 Å². The van der Waals surface area contributed by atoms with Crippen LogP contribution in [0.4, 0.5) is 11.4 Å². The number of nitrogens with one attached hydrogen (secondary N) is 3. The van der Waals surface area contributed by atoms with Crippen molar-refractivity contribution in [3.05, 3.63) is 43.0 Å². The highest BCUT2D eigenvalue weighted by molar-refractivity contribution is 6.05. The van der Waals surface area contributed by atoms with Gasteiger partial charge < -0.3 is 10.7 Å². The SMILES string of the molecule is c1ccc(-c2cc3c(c4ncncc24)NNCN3)nc1. The van der Waals surface area contributed by atoms with Gasteiger partial charge in [0, 0.05) is 23.3 Å². The van der Waals surface area contributed by atoms with Gasteiger partial charge in [-0.25, -0.2) is 15.4 Å². The Morgan fingerprint density at radius 3 is 3.05 bits per heavy atom. The summed E-state index contributed by atoms with van der Waals surface area (Å²) in [6.07, 6.45) is 5.17. The smallest absolute Gasteiger partial charge is 0.116 e. The second-order valence-corrected chi connectivity index (χ2v) is 4.50. The molecule has 0 atom stereocenters. The lowest BCUT2D eigenvalue weighted by Gasteiger charge is -2.23. The Balaban J connectivity index is 2.06. The molecule has 0 aliphatic carbocycles. The Hall–Kier alpha value is -2.73. The van der Waals surface area contributed by atoms with Crippen LogP contribution in [0.2, 0.25) is 0 Å². The van der Waals surface area contributed by atoms with E-state index in [2.05, 4.69) is 37.2 Å². The third kappa shape index (κ3) is 1.66. The molecule has 98 valence electrons. The van der Waals surface area contributed by atoms with Crippen molar-refractivity contribution in [3.8, 4) is 11.3 Å². The van der Waals surface area contributed by atoms with Gasteiger partial charge in [-0.15, -0.1) is 0 Å². The lowest BCUT2D eigenvalue weighted by atomic mass is 10.0. The molecular formula is C14H12N6. The van der Waals surface area contributed by atoms with Crippen LogP contribution in [0.5, 0.6) is 0 Å². The lowest BCUT2D eigenvalue weighted by Crippen LogP contribution is -2.33. The van der Waals surface area contributed by atoms with Gasteiger partial charge in [-0.3, -0.25) is 4.98 Å². The predicted molar refractivity (Wildman–Crippen MR) is 78.0 cm³/mol. The molecule has 3 N–H and O–H groups in total. The molecule has 0 fully saturated rings. The van der Waals surface area contributed by atoms with Gasteiger partial charge in [-0.05, 0) is 18.2 Å². The minimum Gasteiger partial charge on any atom is -0.369 e. The highest BCUT2D eigenvalue weighted by atomic mass is 15.4. The highest BCUT2D eigenvalue weighted by Crippen LogP contribution is 2.37. The molecule has 3 heterocycles. The van der Waals surface area contributed by atoms with Gasteiger partial charge >= 0.3 is 0 Å². The van der Waals surface area contributed by atoms with Gasteiger partial charge in [0.1, 0.15) is 11.8 Å². The zero-order valence-electron chi connectivity index (χ0n) is 10.6. The van der Waals surface area contributed by atoms with Crippen LogP contribution in [-0.4, -0.2) is 21.6 Å². The first-order valence-corrected chi connectivity index (χ1v) is 6.34. The van der Waals surface area contributed by atoms with Crippen LogP contribution in [0.3, 0.4) is 0 Å². The molecule has 20 heavy (non-hydrogen) atoms. The summed E-state index contributed by atoms with van der Waals surface area (Å²) < 4.78 is 0. The van der Waals surface area contributed by atoms with E-state index in [1.807, 2.05) is 24.4 Å². The van der Waals surface area contributed by atoms with Gasteiger partial charge in [0.05, 0.1) is 23.7 Å². The third-order valence-electron chi connectivity index (χ3n) is 3.32. The first-order valence-electron chi connectivity index (χ1n) is 6.34. The summed E-state index contributed by atoms with van der Waals surface area (Å²) in [4.78, 5) is 13.0. The minimum atomic E-state index is 0.658. The average Bonchev–Trinajstić information content (AvgIpc) is 2.55. The Morgan fingerprint density at radius 1 is 1.15 bits per heavy atom. The molecule has 1 aliphatic heterocycles. The molecule has 0 saturated heterocycles. The topological polar surface area (TPSA) is 74.8 Å². The van der Waals surface area contributed by atoms with Crippen LogP contribution < -0.4 is 16.2 Å². The van der Waals surface area contributed by atoms with Gasteiger partial charge in [0.15, 0.2) is 0 Å². The van der Waals surface area contributed by atoms with E-state index in [-0.39, 0.29) is 0 Å². The van der Waals surface area contributed by atoms with Crippen molar-refractivity contribution in [2.75, 3.05) is 17.4 Å². The predicted octanol–water partition coefficient (Wildman–Crippen LogP) is 1.99. The molecule has 1 aliphatic rings. The second-order valence-electron chi connectivity index (χ2n) is 4.50. The van der Waals surface area contributed by atoms with Gasteiger partial charge in [-0.2, -0.15) is 0 Å². The van der Waals surface area contributed by atoms with Crippen LogP contribution in [0.1, 0.15) is 0 Å². The summed E-state index contributed by atoms with van der Waals surface area (Å²) in [7, 11) is 0. The summed E-state index contributed by atoms with van der Waals surface area (Å²) in [5, 5.41) is 4.28. The fraction of sp³-hybridized carbons (Fsp3) is 0.0714. The van der Waals surface area contributed by atoms with Crippen LogP contribution >= 0.6 is 0 Å². The summed E-state index contributed by atoms with van der Waals surface area (Å²) in [5.41, 5.74) is 11.0. The Bertz CT molecular complexity index is 771. The van der Waals surface area contributed by atoms with Crippen LogP contribution in [-0.2, 0) is 0 Å². The number of hydrazine groups is 1. The van der Waals surface area contributed by atoms with Crippen LogP contribution in [0.25, 0.3) is 22.2 Å². The molecule has 2 aromatic heterocycles. The average molecular weight is 264 g/mol. The molecule has 0 radical (unpaired) electrons. The summed E-state index contributed by atoms with van der Waals surface area (Å²) >= 11 is 0. The first kappa shape index (κ1) is 11.1. The Morgan fingerprint density at radius 2 is 2.15 bits per heavy atom. The molecule has 4 rings (SSSR count). The van der Waals surface area contributed by atoms with Gasteiger partial charge in [-0.1, -0.05) is 6.07 Å². The van der Waals surface area contributed by atoms with E-state index in [9.17, 15) is 0 Å². The number of rotatable bonds is 1. The van der Waals surface area contributed by atoms with E-state index < -0.39 is 0 Å². The molecule has 0 spiro atoms. The number of benzene rings is 1. The molecular weight excluding hydrogens is 252 g/mol. The number of anilines is 2. The van der Waals surface area contributed by atoms with E-state index in [1.165, 1.54) is 0 Å². The molecule has 1 aromatic carbocycles. The fourth-order valence-electron chi connectivity index (χ4n) is 2.42. The van der Waals surface area contributed by atoms with Crippen molar-refractivity contribution in [2.45, 2.75) is 0 Å². The van der Waals surface area contributed by atoms with E-state index in [0.29, 0.717) is 6.67 Å². The molecule has 0 saturated carbocycles. The number of fused-ring (bicyclic) bond motifs is 3. The third-order valence-corrected chi connectivity index (χ3v) is 3.32. The Kier molecular flexibility index (Phi) is 2.46. The number of nitrogens with zero attached hydrogens (tertiary/aromatic N) is 3. The highest BCUT2D eigenvalue weighted by Gasteiger charge is 2.17. The number of hydrogen-bond donors (Lipinski definition) is 3. The zero-order valence-corrected chi connectivity index (χ0v) is 10.6. The maximum absolute atomic E-state index is 4.43. The van der Waals surface area contributed by atoms with Crippen molar-refractivity contribution < 1.29 is 0 Å². The largest absolute Gasteiger partial charge is 0.369 e. The van der Waals surface area contributed by atoms with Crippen molar-refractivity contribution >= 4 is 22.3 Å². The van der Waals surface area contributed by atoms with Gasteiger partial charge in [0.2, 0.25) is 0 Å². The van der Waals surface area contributed by atoms with Crippen molar-refractivity contribution in [1.29, 1.82) is 0 Å². The van der Waals surface area contributed by atoms with Crippen molar-refractivity contribution in [1.82, 2.24) is 20.4 Å². The lowest BCUT2D eigenvalue weighted by molar-refractivity contribution is 0.835. The maximum Gasteiger partial charge on any atom is 0.116 e. The fourth-order valence-corrected chi connectivity index (χ4v) is 2.42. The second kappa shape index (κ2) is 4.43. The van der Waals surface area contributed by atoms with Crippen molar-refractivity contribution in [2.24, 2.45) is 0 Å². The van der Waals surface area contributed by atoms with Crippen LogP contribution in [0, 0.1) is 0 Å². The van der Waals surface area contributed by atoms with Crippen LogP contribution in [0.15, 0.2) is 43.0 Å². The number of aromatic nitrogens is 3. The quantitative estimate of drug-likeness (QED) is 0.624. The molecule has 6 nitrogen and oxygen atoms in total. The minimum absolute atomic E-state index is 0.658. The monoisotopic (exact) mass is 264 g/mol. The molecule has 3 aromatic rings. The molecule has 0 amide bonds. The molecule has 0 unspecified atom stereocenters. The van der Waals surface area contributed by atoms with E-state index >= 15 is 0 Å². The summed E-state index contributed by atoms with van der Waals surface area (Å²) in [6.45, 7) is 0.658. The standard InChI is InChI=1S/C14H12N6/c1-2-4-16-11(3-1)9-5-12-14(20-19-8-17-12)13-10(9)6-15-7-18-13/h1-7,17,19-20H,8H2. The first-order chi connectivity index (χ1) is 9.93. The number of pyridine rings is 1. The number of hydrogen-bond acceptors (Lipinski definition) is 6. The zero-order chi connectivity index (χ0) is 13.4. The summed E-state index contributed by atoms with van der Waals surface area (Å²) in [6, 6.07) is 7.95. The normalized spacial score (nSPS) is 13.4. The van der Waals surface area contributed by atoms with E-state index in [4.69, 9.17) is 0 Å². The maximum atomic E-state index is 4.43. The Labute approximate surface area is 115 Å². The molecule has 0 bridgehead atoms. The van der Waals surface area contributed by atoms with Crippen molar-refractivity contribution in [3.63, 3.8) is 0 Å².